The van der Waals surface area contributed by atoms with Gasteiger partial charge >= 0.3 is 0 Å². The lowest BCUT2D eigenvalue weighted by Gasteiger charge is -2.33. The van der Waals surface area contributed by atoms with Gasteiger partial charge in [-0.1, -0.05) is 13.3 Å². The van der Waals surface area contributed by atoms with E-state index < -0.39 is 5.92 Å². The Labute approximate surface area is 174 Å². The molecule has 8 heteroatoms. The molecule has 4 rings (SSSR count). The molecule has 2 aliphatic heterocycles. The van der Waals surface area contributed by atoms with Crippen molar-refractivity contribution >= 4 is 5.78 Å². The molecule has 2 heterocycles. The number of carbonyl (C=O) groups excluding carboxylic acids is 1. The van der Waals surface area contributed by atoms with Gasteiger partial charge in [0.25, 0.3) is 0 Å². The van der Waals surface area contributed by atoms with Crippen molar-refractivity contribution in [1.29, 1.82) is 5.26 Å². The number of allylic oxidation sites excluding steroid dienone is 3. The lowest BCUT2D eigenvalue weighted by atomic mass is 9.75. The Balaban J connectivity index is 2.09. The monoisotopic (exact) mass is 412 g/mol. The van der Waals surface area contributed by atoms with Crippen molar-refractivity contribution in [3.05, 3.63) is 33.9 Å². The van der Waals surface area contributed by atoms with Gasteiger partial charge in [-0.3, -0.25) is 4.79 Å². The molecule has 0 unspecified atom stereocenters. The van der Waals surface area contributed by atoms with Crippen LogP contribution in [0.2, 0.25) is 0 Å². The van der Waals surface area contributed by atoms with Crippen LogP contribution in [0.5, 0.6) is 23.0 Å². The summed E-state index contributed by atoms with van der Waals surface area (Å²) >= 11 is 0. The number of fused-ring (bicyclic) bond motifs is 1. The van der Waals surface area contributed by atoms with Crippen LogP contribution in [0.3, 0.4) is 0 Å². The molecule has 0 fully saturated rings. The molecule has 8 nitrogen and oxygen atoms in total. The number of nitriles is 1. The fourth-order valence-corrected chi connectivity index (χ4v) is 4.50. The highest BCUT2D eigenvalue weighted by atomic mass is 16.7. The van der Waals surface area contributed by atoms with E-state index in [2.05, 4.69) is 6.07 Å². The second kappa shape index (κ2) is 7.82. The largest absolute Gasteiger partial charge is 0.492 e. The number of ether oxygens (including phenoxy) is 5. The molecule has 30 heavy (non-hydrogen) atoms. The van der Waals surface area contributed by atoms with Gasteiger partial charge in [-0.05, 0) is 12.8 Å². The van der Waals surface area contributed by atoms with Gasteiger partial charge in [0.05, 0.1) is 20.1 Å². The molecule has 0 spiro atoms. The first-order valence-electron chi connectivity index (χ1n) is 9.97. The molecule has 3 aliphatic rings. The first-order chi connectivity index (χ1) is 14.6. The van der Waals surface area contributed by atoms with Crippen LogP contribution in [-0.4, -0.2) is 26.8 Å². The summed E-state index contributed by atoms with van der Waals surface area (Å²) in [5, 5.41) is 9.94. The molecule has 1 aliphatic carbocycles. The SMILES string of the molecule is CCCc1c(OC)c2c(c(OC)c1[C@H]1C(C#N)=C(N)OC3=C1C(=O)CCC3)OCO2. The third kappa shape index (κ3) is 2.84. The van der Waals surface area contributed by atoms with Crippen molar-refractivity contribution in [2.45, 2.75) is 44.9 Å². The van der Waals surface area contributed by atoms with Crippen LogP contribution in [0.1, 0.15) is 49.7 Å². The Morgan fingerprint density at radius 3 is 2.50 bits per heavy atom. The van der Waals surface area contributed by atoms with Crippen molar-refractivity contribution in [3.8, 4) is 29.1 Å². The molecule has 0 saturated carbocycles. The van der Waals surface area contributed by atoms with Crippen LogP contribution < -0.4 is 24.7 Å². The summed E-state index contributed by atoms with van der Waals surface area (Å²) in [6.07, 6.45) is 3.09. The number of hydrogen-bond donors (Lipinski definition) is 1. The van der Waals surface area contributed by atoms with E-state index in [1.54, 1.807) is 7.11 Å². The zero-order valence-corrected chi connectivity index (χ0v) is 17.3. The number of hydrogen-bond acceptors (Lipinski definition) is 8. The van der Waals surface area contributed by atoms with Gasteiger partial charge in [-0.2, -0.15) is 5.26 Å². The molecule has 0 bridgehead atoms. The summed E-state index contributed by atoms with van der Waals surface area (Å²) in [6, 6.07) is 2.16. The molecule has 2 N–H and O–H groups in total. The summed E-state index contributed by atoms with van der Waals surface area (Å²) in [5.41, 5.74) is 8.22. The lowest BCUT2D eigenvalue weighted by Crippen LogP contribution is -2.28. The molecule has 0 saturated heterocycles. The highest BCUT2D eigenvalue weighted by Crippen LogP contribution is 2.57. The maximum absolute atomic E-state index is 13.0. The Morgan fingerprint density at radius 2 is 1.87 bits per heavy atom. The van der Waals surface area contributed by atoms with E-state index in [0.29, 0.717) is 65.6 Å². The number of methoxy groups -OCH3 is 2. The topological polar surface area (TPSA) is 113 Å². The Morgan fingerprint density at radius 1 is 1.17 bits per heavy atom. The minimum Gasteiger partial charge on any atom is -0.492 e. The maximum Gasteiger partial charge on any atom is 0.231 e. The molecule has 1 atom stereocenters. The minimum atomic E-state index is -0.716. The number of Topliss-reactive ketones (excluding diaryl/α,β-unsaturated/α-hetero) is 1. The zero-order valence-electron chi connectivity index (χ0n) is 17.3. The van der Waals surface area contributed by atoms with Crippen LogP contribution in [0, 0.1) is 11.3 Å². The van der Waals surface area contributed by atoms with Crippen LogP contribution in [0.15, 0.2) is 22.8 Å². The fraction of sp³-hybridized carbons (Fsp3) is 0.455. The predicted octanol–water partition coefficient (Wildman–Crippen LogP) is 3.20. The summed E-state index contributed by atoms with van der Waals surface area (Å²) < 4.78 is 28.5. The molecular formula is C22H24N2O6. The van der Waals surface area contributed by atoms with Gasteiger partial charge in [0, 0.05) is 29.5 Å². The van der Waals surface area contributed by atoms with E-state index in [9.17, 15) is 10.1 Å². The quantitative estimate of drug-likeness (QED) is 0.784. The van der Waals surface area contributed by atoms with Gasteiger partial charge in [0.2, 0.25) is 24.2 Å². The second-order valence-electron chi connectivity index (χ2n) is 7.31. The van der Waals surface area contributed by atoms with Crippen molar-refractivity contribution < 1.29 is 28.5 Å². The van der Waals surface area contributed by atoms with Gasteiger partial charge in [-0.15, -0.1) is 0 Å². The van der Waals surface area contributed by atoms with E-state index >= 15 is 0 Å². The van der Waals surface area contributed by atoms with Crippen LogP contribution in [0.25, 0.3) is 0 Å². The first kappa shape index (κ1) is 20.0. The molecule has 0 aromatic heterocycles. The Kier molecular flexibility index (Phi) is 5.20. The molecule has 1 aromatic carbocycles. The van der Waals surface area contributed by atoms with E-state index in [-0.39, 0.29) is 24.0 Å². The van der Waals surface area contributed by atoms with Crippen molar-refractivity contribution in [2.24, 2.45) is 5.73 Å². The highest BCUT2D eigenvalue weighted by molar-refractivity contribution is 6.00. The smallest absolute Gasteiger partial charge is 0.231 e. The standard InChI is InChI=1S/C22H24N2O6/c1-4-6-11-16(19(27-3)21-20(18(11)26-2)28-10-29-21)15-12(9-23)22(24)30-14-8-5-7-13(25)17(14)15/h15H,4-8,10,24H2,1-3H3/t15-/m1/s1. The van der Waals surface area contributed by atoms with Gasteiger partial charge in [-0.25, -0.2) is 0 Å². The number of carbonyl (C=O) groups is 1. The zero-order chi connectivity index (χ0) is 21.4. The van der Waals surface area contributed by atoms with Gasteiger partial charge < -0.3 is 29.4 Å². The summed E-state index contributed by atoms with van der Waals surface area (Å²) in [6.45, 7) is 2.07. The highest BCUT2D eigenvalue weighted by Gasteiger charge is 2.43. The van der Waals surface area contributed by atoms with Crippen LogP contribution >= 0.6 is 0 Å². The summed E-state index contributed by atoms with van der Waals surface area (Å²) in [7, 11) is 3.09. The number of ketones is 1. The number of nitrogens with zero attached hydrogens (tertiary/aromatic N) is 1. The average molecular weight is 412 g/mol. The van der Waals surface area contributed by atoms with E-state index in [4.69, 9.17) is 29.4 Å². The normalized spacial score (nSPS) is 19.9. The van der Waals surface area contributed by atoms with Crippen molar-refractivity contribution in [2.75, 3.05) is 21.0 Å². The Hall–Kier alpha value is -3.34. The Bertz CT molecular complexity index is 1020. The van der Waals surface area contributed by atoms with E-state index in [1.807, 2.05) is 6.92 Å². The van der Waals surface area contributed by atoms with Gasteiger partial charge in [0.15, 0.2) is 17.3 Å². The third-order valence-corrected chi connectivity index (χ3v) is 5.67. The fourth-order valence-electron chi connectivity index (χ4n) is 4.50. The third-order valence-electron chi connectivity index (χ3n) is 5.67. The maximum atomic E-state index is 13.0. The molecule has 158 valence electrons. The molecule has 0 radical (unpaired) electrons. The molecular weight excluding hydrogens is 388 g/mol. The number of benzene rings is 1. The predicted molar refractivity (Wildman–Crippen MR) is 106 cm³/mol. The van der Waals surface area contributed by atoms with Gasteiger partial charge in [0.1, 0.15) is 17.4 Å². The number of rotatable bonds is 5. The number of nitrogens with two attached hydrogens (primary N) is 1. The van der Waals surface area contributed by atoms with Crippen molar-refractivity contribution in [1.82, 2.24) is 0 Å². The van der Waals surface area contributed by atoms with E-state index in [0.717, 1.165) is 12.0 Å². The minimum absolute atomic E-state index is 0.0112. The van der Waals surface area contributed by atoms with Crippen LogP contribution in [0.4, 0.5) is 0 Å². The van der Waals surface area contributed by atoms with Crippen molar-refractivity contribution in [3.63, 3.8) is 0 Å². The summed E-state index contributed by atoms with van der Waals surface area (Å²) in [4.78, 5) is 13.0. The average Bonchev–Trinajstić information content (AvgIpc) is 3.21. The summed E-state index contributed by atoms with van der Waals surface area (Å²) in [5.74, 6) is 1.57. The van der Waals surface area contributed by atoms with Crippen LogP contribution in [-0.2, 0) is 16.0 Å². The van der Waals surface area contributed by atoms with E-state index in [1.165, 1.54) is 7.11 Å². The second-order valence-corrected chi connectivity index (χ2v) is 7.31. The molecule has 1 aromatic rings. The lowest BCUT2D eigenvalue weighted by molar-refractivity contribution is -0.116. The first-order valence-corrected chi connectivity index (χ1v) is 9.97. The molecule has 0 amide bonds.